The first kappa shape index (κ1) is 25.4. The topological polar surface area (TPSA) is 88.5 Å². The highest BCUT2D eigenvalue weighted by Crippen LogP contribution is 2.45. The summed E-state index contributed by atoms with van der Waals surface area (Å²) in [5.74, 6) is -0.562. The van der Waals surface area contributed by atoms with Crippen molar-refractivity contribution in [3.05, 3.63) is 58.1 Å². The Morgan fingerprint density at radius 2 is 1.62 bits per heavy atom. The van der Waals surface area contributed by atoms with Crippen LogP contribution in [-0.2, 0) is 9.59 Å². The van der Waals surface area contributed by atoms with Gasteiger partial charge in [-0.05, 0) is 69.0 Å². The molecule has 0 saturated carbocycles. The van der Waals surface area contributed by atoms with E-state index in [1.807, 2.05) is 19.0 Å². The predicted octanol–water partition coefficient (Wildman–Crippen LogP) is 3.74. The molecule has 1 N–H and O–H groups in total. The van der Waals surface area contributed by atoms with Crippen LogP contribution in [0.1, 0.15) is 23.6 Å². The maximum atomic E-state index is 13.2. The Morgan fingerprint density at radius 3 is 2.12 bits per heavy atom. The Balaban J connectivity index is 2.21. The second kappa shape index (κ2) is 10.8. The first-order valence-electron chi connectivity index (χ1n) is 10.7. The van der Waals surface area contributed by atoms with Crippen LogP contribution in [0, 0.1) is 0 Å². The molecule has 1 aliphatic rings. The van der Waals surface area contributed by atoms with E-state index in [1.54, 1.807) is 36.4 Å². The average molecular weight is 489 g/mol. The zero-order valence-electron chi connectivity index (χ0n) is 19.9. The number of ether oxygens (including phenoxy) is 3. The van der Waals surface area contributed by atoms with Gasteiger partial charge in [-0.2, -0.15) is 0 Å². The number of rotatable bonds is 9. The number of benzene rings is 2. The fourth-order valence-corrected chi connectivity index (χ4v) is 4.16. The van der Waals surface area contributed by atoms with Crippen molar-refractivity contribution in [3.8, 4) is 17.2 Å². The van der Waals surface area contributed by atoms with Gasteiger partial charge in [-0.3, -0.25) is 9.59 Å². The van der Waals surface area contributed by atoms with Crippen LogP contribution in [-0.4, -0.2) is 75.1 Å². The fourth-order valence-electron chi connectivity index (χ4n) is 4.04. The number of aliphatic hydroxyl groups excluding tert-OH is 1. The van der Waals surface area contributed by atoms with Crippen molar-refractivity contribution in [1.82, 2.24) is 9.80 Å². The van der Waals surface area contributed by atoms with E-state index < -0.39 is 17.7 Å². The van der Waals surface area contributed by atoms with Gasteiger partial charge in [-0.1, -0.05) is 11.6 Å². The minimum Gasteiger partial charge on any atom is -0.507 e. The van der Waals surface area contributed by atoms with E-state index in [9.17, 15) is 14.7 Å². The van der Waals surface area contributed by atoms with E-state index in [-0.39, 0.29) is 11.3 Å². The van der Waals surface area contributed by atoms with Crippen molar-refractivity contribution in [1.29, 1.82) is 0 Å². The Morgan fingerprint density at radius 1 is 1.03 bits per heavy atom. The molecular formula is C25H29ClN2O6. The standard InChI is InChI=1S/C25H29ClN2O6/c1-27(2)11-6-12-28-21(16-13-18(32-3)24(34-5)19(14-16)33-4)20(23(30)25(28)31)22(29)15-7-9-17(26)10-8-15/h7-10,13-14,21,29H,6,11-12H2,1-5H3/b22-20-. The molecule has 0 radical (unpaired) electrons. The molecule has 0 bridgehead atoms. The maximum Gasteiger partial charge on any atom is 0.295 e. The molecule has 1 unspecified atom stereocenters. The van der Waals surface area contributed by atoms with Gasteiger partial charge in [0, 0.05) is 17.1 Å². The summed E-state index contributed by atoms with van der Waals surface area (Å²) in [4.78, 5) is 29.8. The number of aliphatic hydroxyl groups is 1. The van der Waals surface area contributed by atoms with E-state index in [2.05, 4.69) is 0 Å². The molecule has 1 heterocycles. The van der Waals surface area contributed by atoms with Gasteiger partial charge in [0.05, 0.1) is 32.9 Å². The highest BCUT2D eigenvalue weighted by Gasteiger charge is 2.46. The van der Waals surface area contributed by atoms with Gasteiger partial charge in [0.2, 0.25) is 5.75 Å². The minimum absolute atomic E-state index is 0.00792. The minimum atomic E-state index is -0.841. The summed E-state index contributed by atoms with van der Waals surface area (Å²) in [6, 6.07) is 8.95. The first-order valence-corrected chi connectivity index (χ1v) is 11.1. The van der Waals surface area contributed by atoms with Crippen molar-refractivity contribution in [2.45, 2.75) is 12.5 Å². The molecule has 9 heteroatoms. The molecule has 0 aromatic heterocycles. The molecule has 1 amide bonds. The van der Waals surface area contributed by atoms with Crippen LogP contribution in [0.5, 0.6) is 17.2 Å². The summed E-state index contributed by atoms with van der Waals surface area (Å²) in [5, 5.41) is 11.6. The predicted molar refractivity (Wildman–Crippen MR) is 130 cm³/mol. The van der Waals surface area contributed by atoms with E-state index in [4.69, 9.17) is 25.8 Å². The smallest absolute Gasteiger partial charge is 0.295 e. The highest BCUT2D eigenvalue weighted by molar-refractivity contribution is 6.46. The molecule has 34 heavy (non-hydrogen) atoms. The summed E-state index contributed by atoms with van der Waals surface area (Å²) in [6.07, 6.45) is 0.641. The van der Waals surface area contributed by atoms with Crippen LogP contribution in [0.3, 0.4) is 0 Å². The van der Waals surface area contributed by atoms with E-state index in [1.165, 1.54) is 26.2 Å². The number of Topliss-reactive ketones (excluding diaryl/α,β-unsaturated/α-hetero) is 1. The number of hydrogen-bond donors (Lipinski definition) is 1. The lowest BCUT2D eigenvalue weighted by Gasteiger charge is -2.27. The molecule has 8 nitrogen and oxygen atoms in total. The molecular weight excluding hydrogens is 460 g/mol. The van der Waals surface area contributed by atoms with Gasteiger partial charge >= 0.3 is 0 Å². The van der Waals surface area contributed by atoms with Crippen molar-refractivity contribution in [3.63, 3.8) is 0 Å². The Hall–Kier alpha value is -3.23. The molecule has 0 aliphatic carbocycles. The Labute approximate surface area is 204 Å². The zero-order valence-corrected chi connectivity index (χ0v) is 20.7. The number of carbonyl (C=O) groups is 2. The Kier molecular flexibility index (Phi) is 8.06. The number of ketones is 1. The SMILES string of the molecule is COc1cc(C2/C(=C(/O)c3ccc(Cl)cc3)C(=O)C(=O)N2CCCN(C)C)cc(OC)c1OC. The third-order valence-electron chi connectivity index (χ3n) is 5.66. The van der Waals surface area contributed by atoms with Gasteiger partial charge in [0.25, 0.3) is 11.7 Å². The van der Waals surface area contributed by atoms with Crippen LogP contribution in [0.4, 0.5) is 0 Å². The molecule has 1 saturated heterocycles. The molecule has 1 fully saturated rings. The van der Waals surface area contributed by atoms with Crippen LogP contribution in [0.25, 0.3) is 5.76 Å². The molecule has 182 valence electrons. The number of nitrogens with zero attached hydrogens (tertiary/aromatic N) is 2. The molecule has 3 rings (SSSR count). The lowest BCUT2D eigenvalue weighted by atomic mass is 9.94. The zero-order chi connectivity index (χ0) is 25.0. The molecule has 2 aromatic carbocycles. The van der Waals surface area contributed by atoms with Gasteiger partial charge in [0.1, 0.15) is 5.76 Å². The Bertz CT molecular complexity index is 1070. The van der Waals surface area contributed by atoms with E-state index in [0.717, 1.165) is 6.54 Å². The fraction of sp³-hybridized carbons (Fsp3) is 0.360. The molecule has 1 atom stereocenters. The van der Waals surface area contributed by atoms with Crippen molar-refractivity contribution >= 4 is 29.1 Å². The highest BCUT2D eigenvalue weighted by atomic mass is 35.5. The summed E-state index contributed by atoms with van der Waals surface area (Å²) in [7, 11) is 8.34. The lowest BCUT2D eigenvalue weighted by molar-refractivity contribution is -0.139. The van der Waals surface area contributed by atoms with Crippen LogP contribution in [0.15, 0.2) is 42.0 Å². The summed E-state index contributed by atoms with van der Waals surface area (Å²) in [5.41, 5.74) is 0.925. The van der Waals surface area contributed by atoms with Gasteiger partial charge in [0.15, 0.2) is 11.5 Å². The number of halogens is 1. The van der Waals surface area contributed by atoms with Crippen molar-refractivity contribution < 1.29 is 28.9 Å². The molecule has 2 aromatic rings. The molecule has 1 aliphatic heterocycles. The van der Waals surface area contributed by atoms with Gasteiger partial charge < -0.3 is 29.1 Å². The number of amides is 1. The van der Waals surface area contributed by atoms with E-state index >= 15 is 0 Å². The summed E-state index contributed by atoms with van der Waals surface area (Å²) < 4.78 is 16.4. The quantitative estimate of drug-likeness (QED) is 0.327. The van der Waals surface area contributed by atoms with Crippen LogP contribution >= 0.6 is 11.6 Å². The lowest BCUT2D eigenvalue weighted by Crippen LogP contribution is -2.32. The summed E-state index contributed by atoms with van der Waals surface area (Å²) in [6.45, 7) is 1.05. The number of likely N-dealkylation sites (tertiary alicyclic amines) is 1. The van der Waals surface area contributed by atoms with Gasteiger partial charge in [-0.15, -0.1) is 0 Å². The monoisotopic (exact) mass is 488 g/mol. The first-order chi connectivity index (χ1) is 16.2. The number of carbonyl (C=O) groups excluding carboxylic acids is 2. The third kappa shape index (κ3) is 4.98. The van der Waals surface area contributed by atoms with Crippen LogP contribution < -0.4 is 14.2 Å². The second-order valence-electron chi connectivity index (χ2n) is 8.11. The second-order valence-corrected chi connectivity index (χ2v) is 8.55. The van der Waals surface area contributed by atoms with Crippen molar-refractivity contribution in [2.75, 3.05) is 48.5 Å². The number of hydrogen-bond acceptors (Lipinski definition) is 7. The maximum absolute atomic E-state index is 13.2. The molecule has 0 spiro atoms. The third-order valence-corrected chi connectivity index (χ3v) is 5.92. The van der Waals surface area contributed by atoms with Gasteiger partial charge in [-0.25, -0.2) is 0 Å². The average Bonchev–Trinajstić information content (AvgIpc) is 3.07. The van der Waals surface area contributed by atoms with Crippen molar-refractivity contribution in [2.24, 2.45) is 0 Å². The number of methoxy groups -OCH3 is 3. The van der Waals surface area contributed by atoms with E-state index in [0.29, 0.717) is 46.4 Å². The summed E-state index contributed by atoms with van der Waals surface area (Å²) >= 11 is 5.98. The largest absolute Gasteiger partial charge is 0.507 e. The normalized spacial score (nSPS) is 17.4. The van der Waals surface area contributed by atoms with Crippen LogP contribution in [0.2, 0.25) is 5.02 Å².